The van der Waals surface area contributed by atoms with Gasteiger partial charge in [-0.05, 0) is 108 Å². The zero-order valence-electron chi connectivity index (χ0n) is 43.4. The van der Waals surface area contributed by atoms with E-state index in [1.165, 1.54) is 147 Å². The van der Waals surface area contributed by atoms with Crippen LogP contribution in [0, 0.1) is 0 Å². The average Bonchev–Trinajstić information content (AvgIpc) is 1.84. The number of carboxylic acids is 1. The maximum atomic E-state index is 10.7. The van der Waals surface area contributed by atoms with Gasteiger partial charge in [-0.1, -0.05) is 66.9 Å². The van der Waals surface area contributed by atoms with E-state index in [2.05, 4.69) is 176 Å². The summed E-state index contributed by atoms with van der Waals surface area (Å²) in [7, 11) is 0. The number of aromatic carboxylic acids is 1. The molecule has 18 aromatic rings. The molecule has 16 heterocycles. The number of para-hydroxylation sites is 2. The first kappa shape index (κ1) is 56.7. The summed E-state index contributed by atoms with van der Waals surface area (Å²) in [6.07, 6.45) is 7.23. The van der Waals surface area contributed by atoms with Gasteiger partial charge in [0, 0.05) is 91.0 Å². The Labute approximate surface area is 550 Å². The maximum Gasteiger partial charge on any atom is 2.00 e. The Morgan fingerprint density at radius 3 is 1.33 bits per heavy atom. The molecule has 0 unspecified atom stereocenters. The van der Waals surface area contributed by atoms with Crippen molar-refractivity contribution in [2.75, 3.05) is 0 Å². The Balaban J connectivity index is 0.000000255. The molecular weight excluding hydrogens is 1390 g/mol. The summed E-state index contributed by atoms with van der Waals surface area (Å²) in [6.45, 7) is 0. The third-order valence-electron chi connectivity index (χ3n) is 14.1. The number of rotatable bonds is 7. The van der Waals surface area contributed by atoms with E-state index in [9.17, 15) is 4.79 Å². The van der Waals surface area contributed by atoms with E-state index in [1.54, 1.807) is 18.3 Å². The van der Waals surface area contributed by atoms with Gasteiger partial charge in [0.05, 0.1) is 81.6 Å². The molecule has 0 radical (unpaired) electrons. The fraction of sp³-hybridized carbons (Fsp3) is 0. The summed E-state index contributed by atoms with van der Waals surface area (Å²) in [5.41, 5.74) is 7.80. The zero-order valence-corrected chi connectivity index (χ0v) is 55.0. The molecule has 23 heteroatoms. The van der Waals surface area contributed by atoms with Crippen LogP contribution >= 0.6 is 138 Å². The van der Waals surface area contributed by atoms with E-state index < -0.39 is 5.97 Å². The molecule has 16 aromatic heterocycles. The van der Waals surface area contributed by atoms with Gasteiger partial charge in [-0.15, -0.1) is 113 Å². The molecule has 0 saturated carbocycles. The summed E-state index contributed by atoms with van der Waals surface area (Å²) >= 11 is 26.3. The number of pyridine rings is 4. The normalized spacial score (nSPS) is 11.3. The van der Waals surface area contributed by atoms with Gasteiger partial charge >= 0.3 is 25.4 Å². The molecule has 0 aliphatic heterocycles. The van der Waals surface area contributed by atoms with Crippen molar-refractivity contribution < 1.29 is 29.4 Å². The van der Waals surface area contributed by atoms with Crippen LogP contribution in [0.2, 0.25) is 0 Å². The Morgan fingerprint density at radius 2 is 0.849 bits per heavy atom. The van der Waals surface area contributed by atoms with Gasteiger partial charge in [-0.2, -0.15) is 10.3 Å². The Hall–Kier alpha value is -7.11. The summed E-state index contributed by atoms with van der Waals surface area (Å²) in [6, 6.07) is 49.2. The second-order valence-corrected chi connectivity index (χ2v) is 29.7. The van der Waals surface area contributed by atoms with Crippen LogP contribution in [-0.2, 0) is 19.5 Å². The van der Waals surface area contributed by atoms with Crippen molar-refractivity contribution in [3.05, 3.63) is 191 Å². The van der Waals surface area contributed by atoms with Crippen molar-refractivity contribution in [3.63, 3.8) is 0 Å². The van der Waals surface area contributed by atoms with Crippen LogP contribution < -0.4 is 0 Å². The minimum absolute atomic E-state index is 0. The average molecular weight is 1420 g/mol. The number of nitrogens with zero attached hydrogens (tertiary/aromatic N) is 8. The number of carbonyl (C=O) groups is 1. The molecule has 0 fully saturated rings. The summed E-state index contributed by atoms with van der Waals surface area (Å²) < 4.78 is 21.3. The molecule has 1 N–H and O–H groups in total. The number of fused-ring (bicyclic) bond motifs is 14. The van der Waals surface area contributed by atoms with E-state index in [0.717, 1.165) is 22.4 Å². The summed E-state index contributed by atoms with van der Waals surface area (Å²) in [5, 5.41) is 37.4. The van der Waals surface area contributed by atoms with Gasteiger partial charge in [0.1, 0.15) is 10.0 Å². The van der Waals surface area contributed by atoms with Crippen LogP contribution in [0.15, 0.2) is 175 Å². The first-order valence-electron chi connectivity index (χ1n) is 25.5. The van der Waals surface area contributed by atoms with E-state index in [4.69, 9.17) is 25.9 Å². The first-order chi connectivity index (χ1) is 41.7. The third kappa shape index (κ3) is 9.96. The van der Waals surface area contributed by atoms with E-state index >= 15 is 0 Å². The molecule has 414 valence electrons. The molecule has 0 atom stereocenters. The largest absolute Gasteiger partial charge is 2.00 e. The van der Waals surface area contributed by atoms with E-state index in [0.29, 0.717) is 11.4 Å². The topological polar surface area (TPSA) is 143 Å². The smallest absolute Gasteiger partial charge is 0.753 e. The quantitative estimate of drug-likeness (QED) is 0.0944. The second-order valence-electron chi connectivity index (χ2n) is 18.9. The number of carboxylic acid groups (broad SMARTS) is 1. The van der Waals surface area contributed by atoms with Crippen molar-refractivity contribution in [2.24, 2.45) is 0 Å². The van der Waals surface area contributed by atoms with E-state index in [1.807, 2.05) is 119 Å². The molecular formula is C63H30N8O2RuS12. The number of benzene rings is 2. The predicted molar refractivity (Wildman–Crippen MR) is 377 cm³/mol. The number of thiophene rings is 10. The minimum Gasteiger partial charge on any atom is -0.753 e. The van der Waals surface area contributed by atoms with Crippen molar-refractivity contribution in [1.29, 1.82) is 0 Å². The fourth-order valence-electron chi connectivity index (χ4n) is 10.6. The number of hydrogen-bond donors (Lipinski definition) is 1. The van der Waals surface area contributed by atoms with Crippen LogP contribution in [0.4, 0.5) is 0 Å². The maximum absolute atomic E-state index is 10.7. The van der Waals surface area contributed by atoms with Crippen LogP contribution in [0.1, 0.15) is 10.4 Å². The van der Waals surface area contributed by atoms with Crippen molar-refractivity contribution in [1.82, 2.24) is 29.1 Å². The molecule has 0 aliphatic carbocycles. The second kappa shape index (κ2) is 23.5. The predicted octanol–water partition coefficient (Wildman–Crippen LogP) is 22.4. The minimum atomic E-state index is -0.963. The Morgan fingerprint density at radius 1 is 0.419 bits per heavy atom. The van der Waals surface area contributed by atoms with E-state index in [-0.39, 0.29) is 25.0 Å². The zero-order chi connectivity index (χ0) is 57.4. The van der Waals surface area contributed by atoms with Crippen molar-refractivity contribution >= 4 is 254 Å². The van der Waals surface area contributed by atoms with Crippen LogP contribution in [0.5, 0.6) is 0 Å². The molecule has 0 aliphatic rings. The molecule has 0 saturated heterocycles. The van der Waals surface area contributed by atoms with Gasteiger partial charge in [0.15, 0.2) is 0 Å². The Bertz CT molecular complexity index is 5350. The van der Waals surface area contributed by atoms with Gasteiger partial charge in [0.25, 0.3) is 0 Å². The third-order valence-corrected chi connectivity index (χ3v) is 26.2. The number of hydrogen-bond acceptors (Lipinski definition) is 17. The van der Waals surface area contributed by atoms with Crippen molar-refractivity contribution in [2.45, 2.75) is 0 Å². The number of aromatic nitrogens is 6. The van der Waals surface area contributed by atoms with Gasteiger partial charge in [-0.25, -0.2) is 4.79 Å². The fourth-order valence-corrected chi connectivity index (χ4v) is 23.0. The SMILES string of the molecule is O=C(O)c1ccnc(-c2ccccn2)c1.[N-]=C=S.[N-]=C=S.[Ru+2].c1ccc2c(c1)c1cc(-c3cc4c5ccccc5n(-c5cc6sc7cc(-c8cc9sccc9s8)sc7c6s5)c4cn3)ncc1n2-c1cc2sc3cc(-c4cc5sccc5s4)sc3c2s1. The molecule has 10 nitrogen and oxygen atoms in total. The number of isothiocyanates is 2. The standard InChI is InChI=1S/C50H22N4S10.C11H8N2O2.2CNS.Ru/c1-3-7-29-23(5-1)25-13-27(51-21-31(25)53(29)45-19-43-49(63-45)47-41(59-43)17-39(61-47)37-15-35-33(57-37)9-11-55-35)28-14-26-24-6-2-4-8-30(24)54(32(26)22-52-28)46-20-44-50(64-46)48-42(60-44)18-40(62-48)38-16-36-34(58-38)10-12-56-36;14-11(15)8-4-6-13-10(7-8)9-3-1-2-5-12-9;2*2-1-3;/h1-22H;1-7H,(H,14,15);;;/q;;2*-1;+2. The molecule has 0 bridgehead atoms. The molecule has 86 heavy (non-hydrogen) atoms. The molecule has 0 amide bonds. The van der Waals surface area contributed by atoms with Gasteiger partial charge in [-0.3, -0.25) is 29.1 Å². The van der Waals surface area contributed by atoms with Crippen LogP contribution in [-0.4, -0.2) is 50.5 Å². The van der Waals surface area contributed by atoms with Crippen LogP contribution in [0.25, 0.3) is 163 Å². The van der Waals surface area contributed by atoms with Crippen molar-refractivity contribution in [3.8, 4) is 52.3 Å². The number of thiocarbonyl (C=S) groups is 2. The molecule has 18 rings (SSSR count). The summed E-state index contributed by atoms with van der Waals surface area (Å²) in [5.74, 6) is -0.963. The first-order valence-corrected chi connectivity index (χ1v) is 34.6. The summed E-state index contributed by atoms with van der Waals surface area (Å²) in [4.78, 5) is 34.7. The van der Waals surface area contributed by atoms with Gasteiger partial charge < -0.3 is 15.9 Å². The Kier molecular flexibility index (Phi) is 15.5. The molecule has 2 aromatic carbocycles. The monoisotopic (exact) mass is 1420 g/mol. The van der Waals surface area contributed by atoms with Gasteiger partial charge in [0.2, 0.25) is 0 Å². The van der Waals surface area contributed by atoms with Crippen LogP contribution in [0.3, 0.4) is 0 Å². The molecule has 0 spiro atoms.